The minimum atomic E-state index is -0.200. The van der Waals surface area contributed by atoms with Gasteiger partial charge in [0.25, 0.3) is 5.91 Å². The van der Waals surface area contributed by atoms with Crippen LogP contribution in [0.15, 0.2) is 42.7 Å². The fourth-order valence-electron chi connectivity index (χ4n) is 2.59. The number of carbonyl (C=O) groups excluding carboxylic acids is 2. The molecule has 2 heterocycles. The lowest BCUT2D eigenvalue weighted by atomic mass is 10.1. The molecule has 3 aromatic rings. The zero-order valence-electron chi connectivity index (χ0n) is 11.5. The van der Waals surface area contributed by atoms with Crippen molar-refractivity contribution >= 4 is 34.2 Å². The number of nitrogens with zero attached hydrogens (tertiary/aromatic N) is 1. The highest BCUT2D eigenvalue weighted by atomic mass is 16.2. The lowest BCUT2D eigenvalue weighted by Gasteiger charge is -2.07. The van der Waals surface area contributed by atoms with E-state index in [0.29, 0.717) is 17.7 Å². The highest BCUT2D eigenvalue weighted by Crippen LogP contribution is 2.26. The first-order valence-electron chi connectivity index (χ1n) is 6.86. The Hall–Kier alpha value is -3.15. The molecule has 4 rings (SSSR count). The summed E-state index contributed by atoms with van der Waals surface area (Å²) in [6.45, 7) is 0. The van der Waals surface area contributed by atoms with Gasteiger partial charge < -0.3 is 15.6 Å². The van der Waals surface area contributed by atoms with E-state index in [0.717, 1.165) is 22.3 Å². The molecule has 6 nitrogen and oxygen atoms in total. The first-order valence-corrected chi connectivity index (χ1v) is 6.86. The number of nitrogens with one attached hydrogen (secondary N) is 3. The van der Waals surface area contributed by atoms with Gasteiger partial charge in [-0.1, -0.05) is 0 Å². The van der Waals surface area contributed by atoms with Crippen molar-refractivity contribution in [1.82, 2.24) is 9.97 Å². The van der Waals surface area contributed by atoms with E-state index in [2.05, 4.69) is 20.6 Å². The summed E-state index contributed by atoms with van der Waals surface area (Å²) in [5.41, 5.74) is 4.56. The molecule has 108 valence electrons. The van der Waals surface area contributed by atoms with Gasteiger partial charge in [-0.2, -0.15) is 0 Å². The minimum Gasteiger partial charge on any atom is -0.345 e. The summed E-state index contributed by atoms with van der Waals surface area (Å²) in [7, 11) is 0. The molecule has 3 N–H and O–H groups in total. The molecule has 1 aliphatic heterocycles. The molecule has 0 radical (unpaired) electrons. The molecule has 0 unspecified atom stereocenters. The van der Waals surface area contributed by atoms with Gasteiger partial charge in [-0.3, -0.25) is 9.59 Å². The molecular weight excluding hydrogens is 280 g/mol. The molecule has 0 saturated carbocycles. The van der Waals surface area contributed by atoms with Crippen molar-refractivity contribution in [2.75, 3.05) is 10.6 Å². The number of aromatic nitrogens is 2. The third-order valence-corrected chi connectivity index (χ3v) is 3.67. The van der Waals surface area contributed by atoms with E-state index in [1.54, 1.807) is 36.7 Å². The molecule has 2 aromatic carbocycles. The van der Waals surface area contributed by atoms with Crippen molar-refractivity contribution < 1.29 is 9.59 Å². The zero-order chi connectivity index (χ0) is 15.1. The second-order valence-electron chi connectivity index (χ2n) is 5.19. The van der Waals surface area contributed by atoms with Crippen LogP contribution in [-0.4, -0.2) is 21.8 Å². The number of aromatic amines is 1. The molecule has 0 spiro atoms. The van der Waals surface area contributed by atoms with Crippen LogP contribution < -0.4 is 10.6 Å². The molecule has 0 aliphatic carbocycles. The third kappa shape index (κ3) is 2.10. The van der Waals surface area contributed by atoms with E-state index in [9.17, 15) is 9.59 Å². The number of hydrogen-bond acceptors (Lipinski definition) is 3. The van der Waals surface area contributed by atoms with E-state index in [1.165, 1.54) is 0 Å². The van der Waals surface area contributed by atoms with Crippen LogP contribution in [0.3, 0.4) is 0 Å². The summed E-state index contributed by atoms with van der Waals surface area (Å²) >= 11 is 0. The molecule has 0 bridgehead atoms. The Morgan fingerprint density at radius 2 is 2.09 bits per heavy atom. The van der Waals surface area contributed by atoms with Gasteiger partial charge in [-0.05, 0) is 42.0 Å². The lowest BCUT2D eigenvalue weighted by Crippen LogP contribution is -2.11. The normalized spacial score (nSPS) is 13.0. The van der Waals surface area contributed by atoms with Crippen LogP contribution in [0.5, 0.6) is 0 Å². The van der Waals surface area contributed by atoms with Crippen molar-refractivity contribution in [2.24, 2.45) is 0 Å². The van der Waals surface area contributed by atoms with Crippen molar-refractivity contribution in [1.29, 1.82) is 0 Å². The predicted octanol–water partition coefficient (Wildman–Crippen LogP) is 2.31. The molecule has 1 aliphatic rings. The summed E-state index contributed by atoms with van der Waals surface area (Å²) in [5.74, 6) is -0.225. The summed E-state index contributed by atoms with van der Waals surface area (Å²) in [6, 6.07) is 10.7. The van der Waals surface area contributed by atoms with E-state index in [4.69, 9.17) is 0 Å². The highest BCUT2D eigenvalue weighted by molar-refractivity contribution is 6.06. The number of rotatable bonds is 2. The Balaban J connectivity index is 1.59. The number of carbonyl (C=O) groups is 2. The van der Waals surface area contributed by atoms with Crippen LogP contribution in [0.1, 0.15) is 15.9 Å². The Kier molecular flexibility index (Phi) is 2.69. The Morgan fingerprint density at radius 1 is 1.18 bits per heavy atom. The quantitative estimate of drug-likeness (QED) is 0.677. The maximum atomic E-state index is 12.3. The van der Waals surface area contributed by atoms with Crippen molar-refractivity contribution in [3.63, 3.8) is 0 Å². The minimum absolute atomic E-state index is 0.0248. The van der Waals surface area contributed by atoms with Gasteiger partial charge >= 0.3 is 0 Å². The van der Waals surface area contributed by atoms with Gasteiger partial charge in [-0.25, -0.2) is 4.98 Å². The van der Waals surface area contributed by atoms with E-state index >= 15 is 0 Å². The lowest BCUT2D eigenvalue weighted by molar-refractivity contribution is -0.115. The summed E-state index contributed by atoms with van der Waals surface area (Å²) < 4.78 is 0. The van der Waals surface area contributed by atoms with Gasteiger partial charge in [0.05, 0.1) is 23.8 Å². The molecule has 1 aromatic heterocycles. The number of hydrogen-bond donors (Lipinski definition) is 3. The first kappa shape index (κ1) is 12.6. The second-order valence-corrected chi connectivity index (χ2v) is 5.19. The maximum absolute atomic E-state index is 12.3. The molecule has 22 heavy (non-hydrogen) atoms. The molecule has 2 amide bonds. The number of fused-ring (bicyclic) bond motifs is 2. The molecule has 0 atom stereocenters. The monoisotopic (exact) mass is 292 g/mol. The van der Waals surface area contributed by atoms with Crippen LogP contribution >= 0.6 is 0 Å². The third-order valence-electron chi connectivity index (χ3n) is 3.67. The maximum Gasteiger partial charge on any atom is 0.255 e. The summed E-state index contributed by atoms with van der Waals surface area (Å²) in [4.78, 5) is 30.8. The highest BCUT2D eigenvalue weighted by Gasteiger charge is 2.18. The van der Waals surface area contributed by atoms with Gasteiger partial charge in [0.15, 0.2) is 0 Å². The molecule has 0 fully saturated rings. The van der Waals surface area contributed by atoms with Crippen LogP contribution in [0.4, 0.5) is 11.4 Å². The predicted molar refractivity (Wildman–Crippen MR) is 82.8 cm³/mol. The number of anilines is 2. The Bertz CT molecular complexity index is 913. The first-order chi connectivity index (χ1) is 10.7. The summed E-state index contributed by atoms with van der Waals surface area (Å²) in [5, 5.41) is 5.61. The fourth-order valence-corrected chi connectivity index (χ4v) is 2.59. The molecular formula is C16H12N4O2. The van der Waals surface area contributed by atoms with Crippen LogP contribution in [0.2, 0.25) is 0 Å². The van der Waals surface area contributed by atoms with Gasteiger partial charge in [0, 0.05) is 16.9 Å². The van der Waals surface area contributed by atoms with Crippen molar-refractivity contribution in [2.45, 2.75) is 6.42 Å². The van der Waals surface area contributed by atoms with E-state index < -0.39 is 0 Å². The molecule has 0 saturated heterocycles. The number of benzene rings is 2. The standard InChI is InChI=1S/C16H12N4O2/c21-15-7-10-5-11(2-4-12(10)20-15)19-16(22)9-1-3-13-14(6-9)18-8-17-13/h1-6,8H,7H2,(H,17,18)(H,19,22)(H,20,21). The van der Waals surface area contributed by atoms with Crippen molar-refractivity contribution in [3.8, 4) is 0 Å². The van der Waals surface area contributed by atoms with Crippen LogP contribution in [-0.2, 0) is 11.2 Å². The Labute approximate surface area is 125 Å². The summed E-state index contributed by atoms with van der Waals surface area (Å²) in [6.07, 6.45) is 1.94. The topological polar surface area (TPSA) is 86.9 Å². The van der Waals surface area contributed by atoms with Crippen LogP contribution in [0, 0.1) is 0 Å². The van der Waals surface area contributed by atoms with E-state index in [-0.39, 0.29) is 11.8 Å². The smallest absolute Gasteiger partial charge is 0.255 e. The average Bonchev–Trinajstić information content (AvgIpc) is 3.10. The SMILES string of the molecule is O=C1Cc2cc(NC(=O)c3ccc4nc[nH]c4c3)ccc2N1. The fraction of sp³-hybridized carbons (Fsp3) is 0.0625. The number of amides is 2. The van der Waals surface area contributed by atoms with E-state index in [1.807, 2.05) is 6.07 Å². The second kappa shape index (κ2) is 4.70. The average molecular weight is 292 g/mol. The van der Waals surface area contributed by atoms with Gasteiger partial charge in [0.2, 0.25) is 5.91 Å². The number of H-pyrrole nitrogens is 1. The Morgan fingerprint density at radius 3 is 3.00 bits per heavy atom. The zero-order valence-corrected chi connectivity index (χ0v) is 11.5. The largest absolute Gasteiger partial charge is 0.345 e. The van der Waals surface area contributed by atoms with Crippen LogP contribution in [0.25, 0.3) is 11.0 Å². The van der Waals surface area contributed by atoms with Crippen molar-refractivity contribution in [3.05, 3.63) is 53.9 Å². The number of imidazole rings is 1. The van der Waals surface area contributed by atoms with Gasteiger partial charge in [0.1, 0.15) is 0 Å². The van der Waals surface area contributed by atoms with Gasteiger partial charge in [-0.15, -0.1) is 0 Å². The molecule has 6 heteroatoms.